The van der Waals surface area contributed by atoms with Gasteiger partial charge in [0.25, 0.3) is 0 Å². The molecule has 0 heterocycles. The zero-order chi connectivity index (χ0) is 12.3. The van der Waals surface area contributed by atoms with Crippen LogP contribution in [-0.4, -0.2) is 26.3 Å². The summed E-state index contributed by atoms with van der Waals surface area (Å²) in [5.41, 5.74) is 1.24. The molecule has 0 saturated carbocycles. The quantitative estimate of drug-likeness (QED) is 0.745. The molecular weight excluding hydrogens is 210 g/mol. The highest BCUT2D eigenvalue weighted by Crippen LogP contribution is 2.01. The van der Waals surface area contributed by atoms with Crippen molar-refractivity contribution in [3.8, 4) is 0 Å². The van der Waals surface area contributed by atoms with E-state index in [9.17, 15) is 0 Å². The number of hydrogen-bond acceptors (Lipinski definition) is 2. The van der Waals surface area contributed by atoms with Crippen molar-refractivity contribution in [1.82, 2.24) is 5.32 Å². The molecule has 0 aromatic heterocycles. The van der Waals surface area contributed by atoms with Crippen LogP contribution in [-0.2, 0) is 4.74 Å². The Balaban J connectivity index is 2.28. The average molecular weight is 233 g/mol. The fraction of sp³-hybridized carbons (Fsp3) is 0.467. The second-order valence-electron chi connectivity index (χ2n) is 4.16. The SMILES string of the molecule is CCCC(COC)NCC=Cc1ccccc1. The van der Waals surface area contributed by atoms with Crippen LogP contribution in [0.5, 0.6) is 0 Å². The van der Waals surface area contributed by atoms with Crippen molar-refractivity contribution in [3.63, 3.8) is 0 Å². The van der Waals surface area contributed by atoms with Crippen molar-refractivity contribution >= 4 is 6.08 Å². The largest absolute Gasteiger partial charge is 0.383 e. The van der Waals surface area contributed by atoms with E-state index in [2.05, 4.69) is 48.7 Å². The fourth-order valence-corrected chi connectivity index (χ4v) is 1.79. The van der Waals surface area contributed by atoms with Crippen LogP contribution in [0.3, 0.4) is 0 Å². The summed E-state index contributed by atoms with van der Waals surface area (Å²) in [5.74, 6) is 0. The van der Waals surface area contributed by atoms with Gasteiger partial charge in [-0.15, -0.1) is 0 Å². The molecule has 1 rings (SSSR count). The second-order valence-corrected chi connectivity index (χ2v) is 4.16. The van der Waals surface area contributed by atoms with E-state index < -0.39 is 0 Å². The number of benzene rings is 1. The maximum atomic E-state index is 5.19. The van der Waals surface area contributed by atoms with Crippen molar-refractivity contribution in [2.45, 2.75) is 25.8 Å². The Morgan fingerprint density at radius 1 is 1.29 bits per heavy atom. The van der Waals surface area contributed by atoms with Crippen LogP contribution in [0.2, 0.25) is 0 Å². The molecular formula is C15H23NO. The number of methoxy groups -OCH3 is 1. The van der Waals surface area contributed by atoms with Crippen LogP contribution >= 0.6 is 0 Å². The fourth-order valence-electron chi connectivity index (χ4n) is 1.79. The van der Waals surface area contributed by atoms with E-state index in [0.717, 1.165) is 19.6 Å². The Labute approximate surface area is 105 Å². The van der Waals surface area contributed by atoms with Crippen molar-refractivity contribution in [1.29, 1.82) is 0 Å². The zero-order valence-electron chi connectivity index (χ0n) is 10.9. The summed E-state index contributed by atoms with van der Waals surface area (Å²) in [5, 5.41) is 3.48. The third kappa shape index (κ3) is 6.25. The highest BCUT2D eigenvalue weighted by Gasteiger charge is 2.03. The number of rotatable bonds is 8. The molecule has 94 valence electrons. The monoisotopic (exact) mass is 233 g/mol. The lowest BCUT2D eigenvalue weighted by Crippen LogP contribution is -2.33. The van der Waals surface area contributed by atoms with Crippen molar-refractivity contribution in [3.05, 3.63) is 42.0 Å². The Morgan fingerprint density at radius 2 is 2.06 bits per heavy atom. The predicted molar refractivity (Wildman–Crippen MR) is 74.1 cm³/mol. The first-order valence-electron chi connectivity index (χ1n) is 6.30. The normalized spacial score (nSPS) is 13.1. The minimum Gasteiger partial charge on any atom is -0.383 e. The van der Waals surface area contributed by atoms with Crippen LogP contribution in [0.15, 0.2) is 36.4 Å². The summed E-state index contributed by atoms with van der Waals surface area (Å²) in [7, 11) is 1.75. The number of nitrogens with one attached hydrogen (secondary N) is 1. The van der Waals surface area contributed by atoms with Gasteiger partial charge in [-0.1, -0.05) is 55.8 Å². The first kappa shape index (κ1) is 13.9. The Hall–Kier alpha value is -1.12. The summed E-state index contributed by atoms with van der Waals surface area (Å²) in [6, 6.07) is 10.8. The molecule has 2 heteroatoms. The molecule has 1 N–H and O–H groups in total. The van der Waals surface area contributed by atoms with Gasteiger partial charge in [0.1, 0.15) is 0 Å². The minimum atomic E-state index is 0.463. The van der Waals surface area contributed by atoms with Gasteiger partial charge in [0.15, 0.2) is 0 Å². The average Bonchev–Trinajstić information content (AvgIpc) is 2.36. The lowest BCUT2D eigenvalue weighted by atomic mass is 10.2. The third-order valence-electron chi connectivity index (χ3n) is 2.64. The van der Waals surface area contributed by atoms with Gasteiger partial charge in [-0.25, -0.2) is 0 Å². The van der Waals surface area contributed by atoms with Crippen LogP contribution in [0, 0.1) is 0 Å². The van der Waals surface area contributed by atoms with Gasteiger partial charge in [-0.2, -0.15) is 0 Å². The topological polar surface area (TPSA) is 21.3 Å². The first-order valence-corrected chi connectivity index (χ1v) is 6.30. The van der Waals surface area contributed by atoms with Crippen molar-refractivity contribution < 1.29 is 4.74 Å². The van der Waals surface area contributed by atoms with E-state index >= 15 is 0 Å². The van der Waals surface area contributed by atoms with Gasteiger partial charge in [0.2, 0.25) is 0 Å². The van der Waals surface area contributed by atoms with E-state index in [0.29, 0.717) is 6.04 Å². The van der Waals surface area contributed by atoms with Gasteiger partial charge < -0.3 is 10.1 Å². The molecule has 0 saturated heterocycles. The summed E-state index contributed by atoms with van der Waals surface area (Å²) in [4.78, 5) is 0. The maximum Gasteiger partial charge on any atom is 0.0615 e. The zero-order valence-corrected chi connectivity index (χ0v) is 10.9. The minimum absolute atomic E-state index is 0.463. The van der Waals surface area contributed by atoms with E-state index in [4.69, 9.17) is 4.74 Å². The van der Waals surface area contributed by atoms with Crippen LogP contribution < -0.4 is 5.32 Å². The lowest BCUT2D eigenvalue weighted by Gasteiger charge is -2.15. The van der Waals surface area contributed by atoms with Crippen molar-refractivity contribution in [2.24, 2.45) is 0 Å². The molecule has 0 bridgehead atoms. The summed E-state index contributed by atoms with van der Waals surface area (Å²) in [6.45, 7) is 3.88. The molecule has 0 spiro atoms. The summed E-state index contributed by atoms with van der Waals surface area (Å²) >= 11 is 0. The maximum absolute atomic E-state index is 5.19. The predicted octanol–water partition coefficient (Wildman–Crippen LogP) is 3.10. The molecule has 2 nitrogen and oxygen atoms in total. The van der Waals surface area contributed by atoms with Gasteiger partial charge in [0.05, 0.1) is 6.61 Å². The lowest BCUT2D eigenvalue weighted by molar-refractivity contribution is 0.164. The van der Waals surface area contributed by atoms with Gasteiger partial charge in [-0.05, 0) is 12.0 Å². The molecule has 1 atom stereocenters. The molecule has 1 aromatic rings. The molecule has 0 aliphatic carbocycles. The first-order chi connectivity index (χ1) is 8.36. The van der Waals surface area contributed by atoms with Gasteiger partial charge >= 0.3 is 0 Å². The Kier molecular flexibility index (Phi) is 7.35. The molecule has 0 aliphatic rings. The van der Waals surface area contributed by atoms with E-state index in [-0.39, 0.29) is 0 Å². The molecule has 0 fully saturated rings. The molecule has 0 aliphatic heterocycles. The van der Waals surface area contributed by atoms with Gasteiger partial charge in [0, 0.05) is 19.7 Å². The van der Waals surface area contributed by atoms with E-state index in [1.165, 1.54) is 12.0 Å². The molecule has 1 unspecified atom stereocenters. The molecule has 17 heavy (non-hydrogen) atoms. The highest BCUT2D eigenvalue weighted by atomic mass is 16.5. The highest BCUT2D eigenvalue weighted by molar-refractivity contribution is 5.48. The number of hydrogen-bond donors (Lipinski definition) is 1. The van der Waals surface area contributed by atoms with E-state index in [1.807, 2.05) is 6.07 Å². The molecule has 0 amide bonds. The van der Waals surface area contributed by atoms with Crippen LogP contribution in [0.4, 0.5) is 0 Å². The van der Waals surface area contributed by atoms with Gasteiger partial charge in [-0.3, -0.25) is 0 Å². The Morgan fingerprint density at radius 3 is 2.71 bits per heavy atom. The second kappa shape index (κ2) is 8.97. The summed E-state index contributed by atoms with van der Waals surface area (Å²) in [6.07, 6.45) is 6.65. The third-order valence-corrected chi connectivity index (χ3v) is 2.64. The number of ether oxygens (including phenoxy) is 1. The molecule has 1 aromatic carbocycles. The Bertz CT molecular complexity index is 302. The van der Waals surface area contributed by atoms with Crippen LogP contribution in [0.25, 0.3) is 6.08 Å². The van der Waals surface area contributed by atoms with Crippen molar-refractivity contribution in [2.75, 3.05) is 20.3 Å². The molecule has 0 radical (unpaired) electrons. The standard InChI is InChI=1S/C15H23NO/c1-3-8-15(13-17-2)16-12-7-11-14-9-5-4-6-10-14/h4-7,9-11,15-16H,3,8,12-13H2,1-2H3. The van der Waals surface area contributed by atoms with E-state index in [1.54, 1.807) is 7.11 Å². The van der Waals surface area contributed by atoms with Crippen LogP contribution in [0.1, 0.15) is 25.3 Å². The summed E-state index contributed by atoms with van der Waals surface area (Å²) < 4.78 is 5.19. The smallest absolute Gasteiger partial charge is 0.0615 e.